The maximum absolute atomic E-state index is 14.6. The topological polar surface area (TPSA) is 67.2 Å². The van der Waals surface area contributed by atoms with Crippen LogP contribution in [-0.2, 0) is 0 Å². The second kappa shape index (κ2) is 7.80. The molecule has 0 saturated carbocycles. The number of aromatic nitrogens is 2. The number of rotatable bonds is 6. The van der Waals surface area contributed by atoms with Crippen LogP contribution in [0.4, 0.5) is 4.39 Å². The summed E-state index contributed by atoms with van der Waals surface area (Å²) < 4.78 is 20.3. The van der Waals surface area contributed by atoms with E-state index in [-0.39, 0.29) is 11.8 Å². The summed E-state index contributed by atoms with van der Waals surface area (Å²) >= 11 is 0. The van der Waals surface area contributed by atoms with Crippen LogP contribution in [0.15, 0.2) is 54.6 Å². The van der Waals surface area contributed by atoms with E-state index in [0.29, 0.717) is 23.5 Å². The van der Waals surface area contributed by atoms with Crippen LogP contribution in [0.2, 0.25) is 0 Å². The Hall–Kier alpha value is -3.22. The summed E-state index contributed by atoms with van der Waals surface area (Å²) in [4.78, 5) is 10.1. The number of imidazole rings is 1. The van der Waals surface area contributed by atoms with Gasteiger partial charge in [-0.1, -0.05) is 42.5 Å². The first-order valence-electron chi connectivity index (χ1n) is 10.5. The molecule has 4 aromatic rings. The molecule has 31 heavy (non-hydrogen) atoms. The average Bonchev–Trinajstić information content (AvgIpc) is 3.30. The normalized spacial score (nSPS) is 14.8. The average molecular weight is 417 g/mol. The van der Waals surface area contributed by atoms with Gasteiger partial charge < -0.3 is 20.4 Å². The van der Waals surface area contributed by atoms with Crippen molar-refractivity contribution in [1.82, 2.24) is 14.9 Å². The predicted molar refractivity (Wildman–Crippen MR) is 122 cm³/mol. The number of H-pyrrole nitrogens is 1. The number of nitrogens with zero attached hydrogens (tertiary/aromatic N) is 2. The Morgan fingerprint density at radius 2 is 1.84 bits per heavy atom. The molecule has 3 N–H and O–H groups in total. The van der Waals surface area contributed by atoms with Crippen LogP contribution in [0.5, 0.6) is 5.75 Å². The fourth-order valence-electron chi connectivity index (χ4n) is 4.30. The number of hydrogen-bond donors (Lipinski definition) is 2. The highest BCUT2D eigenvalue weighted by Gasteiger charge is 2.28. The predicted octanol–water partition coefficient (Wildman–Crippen LogP) is 4.73. The summed E-state index contributed by atoms with van der Waals surface area (Å²) in [7, 11) is 4.01. The van der Waals surface area contributed by atoms with Gasteiger partial charge in [-0.3, -0.25) is 0 Å². The van der Waals surface area contributed by atoms with Gasteiger partial charge in [0.15, 0.2) is 11.6 Å². The lowest BCUT2D eigenvalue weighted by molar-refractivity contribution is 0.271. The summed E-state index contributed by atoms with van der Waals surface area (Å²) in [5, 5.41) is 0. The molecule has 0 saturated heterocycles. The molecule has 5 rings (SSSR count). The van der Waals surface area contributed by atoms with Crippen molar-refractivity contribution in [3.05, 3.63) is 71.5 Å². The molecule has 0 spiro atoms. The number of fused-ring (bicyclic) bond motifs is 4. The van der Waals surface area contributed by atoms with Crippen LogP contribution < -0.4 is 10.5 Å². The molecular formula is C25H25FN4O. The molecule has 1 aliphatic rings. The number of benzene rings is 3. The number of aromatic amines is 1. The zero-order valence-corrected chi connectivity index (χ0v) is 17.7. The van der Waals surface area contributed by atoms with Gasteiger partial charge >= 0.3 is 0 Å². The minimum absolute atomic E-state index is 0.157. The molecule has 6 heteroatoms. The first kappa shape index (κ1) is 19.7. The largest absolute Gasteiger partial charge is 0.490 e. The molecule has 1 heterocycles. The van der Waals surface area contributed by atoms with Crippen molar-refractivity contribution in [2.45, 2.75) is 12.5 Å². The van der Waals surface area contributed by atoms with Crippen LogP contribution in [0.3, 0.4) is 0 Å². The van der Waals surface area contributed by atoms with Gasteiger partial charge in [-0.25, -0.2) is 9.37 Å². The first-order chi connectivity index (χ1) is 15.0. The van der Waals surface area contributed by atoms with E-state index in [0.717, 1.165) is 40.8 Å². The second-order valence-corrected chi connectivity index (χ2v) is 8.23. The molecule has 1 unspecified atom stereocenters. The van der Waals surface area contributed by atoms with Crippen LogP contribution in [-0.4, -0.2) is 42.1 Å². The molecule has 0 aliphatic heterocycles. The second-order valence-electron chi connectivity index (χ2n) is 8.23. The number of ether oxygens (including phenoxy) is 1. The van der Waals surface area contributed by atoms with Gasteiger partial charge in [0.05, 0.1) is 23.7 Å². The maximum Gasteiger partial charge on any atom is 0.167 e. The van der Waals surface area contributed by atoms with E-state index < -0.39 is 5.82 Å². The van der Waals surface area contributed by atoms with Crippen molar-refractivity contribution < 1.29 is 9.13 Å². The highest BCUT2D eigenvalue weighted by Crippen LogP contribution is 2.46. The third-order valence-corrected chi connectivity index (χ3v) is 5.79. The van der Waals surface area contributed by atoms with Crippen molar-refractivity contribution in [3.63, 3.8) is 0 Å². The zero-order valence-electron chi connectivity index (χ0n) is 17.7. The molecule has 1 aromatic heterocycles. The lowest BCUT2D eigenvalue weighted by Gasteiger charge is -2.10. The van der Waals surface area contributed by atoms with Gasteiger partial charge in [0, 0.05) is 24.2 Å². The summed E-state index contributed by atoms with van der Waals surface area (Å²) in [6.45, 7) is 1.35. The van der Waals surface area contributed by atoms with E-state index in [9.17, 15) is 4.39 Å². The fraction of sp³-hybridized carbons (Fsp3) is 0.240. The molecule has 1 atom stereocenters. The van der Waals surface area contributed by atoms with Gasteiger partial charge in [-0.05, 0) is 42.8 Å². The summed E-state index contributed by atoms with van der Waals surface area (Å²) in [6.07, 6.45) is 0.826. The highest BCUT2D eigenvalue weighted by molar-refractivity contribution is 5.91. The molecule has 0 fully saturated rings. The zero-order chi connectivity index (χ0) is 21.5. The summed E-state index contributed by atoms with van der Waals surface area (Å²) in [6, 6.07) is 17.2. The highest BCUT2D eigenvalue weighted by atomic mass is 19.1. The smallest absolute Gasteiger partial charge is 0.167 e. The Morgan fingerprint density at radius 1 is 1.06 bits per heavy atom. The summed E-state index contributed by atoms with van der Waals surface area (Å²) in [5.74, 6) is 0.535. The molecular weight excluding hydrogens is 391 g/mol. The first-order valence-corrected chi connectivity index (χ1v) is 10.5. The number of halogens is 1. The Morgan fingerprint density at radius 3 is 2.68 bits per heavy atom. The summed E-state index contributed by atoms with van der Waals surface area (Å²) in [5.41, 5.74) is 13.2. The van der Waals surface area contributed by atoms with Gasteiger partial charge in [-0.2, -0.15) is 0 Å². The Kier molecular flexibility index (Phi) is 4.96. The Bertz CT molecular complexity index is 1260. The van der Waals surface area contributed by atoms with Crippen molar-refractivity contribution in [3.8, 4) is 28.3 Å². The van der Waals surface area contributed by atoms with Crippen molar-refractivity contribution in [1.29, 1.82) is 0 Å². The quantitative estimate of drug-likeness (QED) is 0.446. The fourth-order valence-corrected chi connectivity index (χ4v) is 4.30. The van der Waals surface area contributed by atoms with Crippen molar-refractivity contribution in [2.75, 3.05) is 27.2 Å². The van der Waals surface area contributed by atoms with E-state index in [4.69, 9.17) is 15.5 Å². The lowest BCUT2D eigenvalue weighted by Crippen LogP contribution is -2.15. The SMILES string of the molecule is CN(C)CCCOc1cc2nc(-c3cccc4c3-c3ccccc3C4N)[nH]c2cc1F. The lowest BCUT2D eigenvalue weighted by atomic mass is 9.99. The maximum atomic E-state index is 14.6. The third kappa shape index (κ3) is 3.48. The van der Waals surface area contributed by atoms with Crippen LogP contribution in [0.1, 0.15) is 23.6 Å². The van der Waals surface area contributed by atoms with E-state index in [1.54, 1.807) is 6.07 Å². The van der Waals surface area contributed by atoms with Crippen LogP contribution in [0, 0.1) is 5.82 Å². The van der Waals surface area contributed by atoms with Crippen LogP contribution in [0.25, 0.3) is 33.5 Å². The number of nitrogens with two attached hydrogens (primary N) is 1. The van der Waals surface area contributed by atoms with Gasteiger partial charge in [0.1, 0.15) is 5.82 Å². The molecule has 1 aliphatic carbocycles. The Labute approximate surface area is 180 Å². The van der Waals surface area contributed by atoms with Crippen molar-refractivity contribution in [2.24, 2.45) is 5.73 Å². The standard InChI is InChI=1S/C25H25FN4O/c1-30(2)11-6-12-31-22-14-21-20(13-19(22)26)28-25(29-21)18-10-5-9-17-23(18)15-7-3-4-8-16(15)24(17)27/h3-5,7-10,13-14,24H,6,11-12,27H2,1-2H3,(H,28,29). The van der Waals surface area contributed by atoms with Gasteiger partial charge in [-0.15, -0.1) is 0 Å². The molecule has 0 amide bonds. The van der Waals surface area contributed by atoms with Gasteiger partial charge in [0.25, 0.3) is 0 Å². The minimum Gasteiger partial charge on any atom is -0.490 e. The molecule has 158 valence electrons. The van der Waals surface area contributed by atoms with E-state index in [2.05, 4.69) is 28.1 Å². The molecule has 0 radical (unpaired) electrons. The van der Waals surface area contributed by atoms with Gasteiger partial charge in [0.2, 0.25) is 0 Å². The van der Waals surface area contributed by atoms with Crippen molar-refractivity contribution >= 4 is 11.0 Å². The molecule has 0 bridgehead atoms. The molecule has 5 nitrogen and oxygen atoms in total. The minimum atomic E-state index is -0.391. The number of nitrogens with one attached hydrogen (secondary N) is 1. The molecule has 3 aromatic carbocycles. The number of hydrogen-bond acceptors (Lipinski definition) is 4. The third-order valence-electron chi connectivity index (χ3n) is 5.79. The Balaban J connectivity index is 1.52. The van der Waals surface area contributed by atoms with E-state index in [1.165, 1.54) is 6.07 Å². The van der Waals surface area contributed by atoms with E-state index in [1.807, 2.05) is 38.4 Å². The monoisotopic (exact) mass is 416 g/mol. The van der Waals surface area contributed by atoms with Crippen LogP contribution >= 0.6 is 0 Å². The van der Waals surface area contributed by atoms with E-state index >= 15 is 0 Å².